The number of ether oxygens (including phenoxy) is 1. The predicted octanol–water partition coefficient (Wildman–Crippen LogP) is 3.29. The van der Waals surface area contributed by atoms with E-state index < -0.39 is 17.3 Å². The van der Waals surface area contributed by atoms with Crippen molar-refractivity contribution in [2.24, 2.45) is 0 Å². The minimum Gasteiger partial charge on any atom is -0.484 e. The molecule has 1 heterocycles. The second kappa shape index (κ2) is 3.30. The average molecular weight is 231 g/mol. The lowest BCUT2D eigenvalue weighted by atomic mass is 10.0. The number of alkyl halides is 3. The summed E-state index contributed by atoms with van der Waals surface area (Å²) in [6.07, 6.45) is -4.36. The van der Waals surface area contributed by atoms with Crippen LogP contribution in [0.4, 0.5) is 18.9 Å². The van der Waals surface area contributed by atoms with E-state index in [9.17, 15) is 13.2 Å². The zero-order valence-electron chi connectivity index (χ0n) is 8.98. The lowest BCUT2D eigenvalue weighted by Crippen LogP contribution is -2.40. The SMILES string of the molecule is CC1(C)CNc2c(cccc2C(F)(F)F)O1. The highest BCUT2D eigenvalue weighted by molar-refractivity contribution is 5.64. The first-order chi connectivity index (χ1) is 7.30. The summed E-state index contributed by atoms with van der Waals surface area (Å²) in [7, 11) is 0. The Bertz CT molecular complexity index is 412. The molecule has 0 atom stereocenters. The van der Waals surface area contributed by atoms with Crippen molar-refractivity contribution in [1.82, 2.24) is 0 Å². The Morgan fingerprint density at radius 2 is 2.00 bits per heavy atom. The van der Waals surface area contributed by atoms with Gasteiger partial charge >= 0.3 is 6.18 Å². The van der Waals surface area contributed by atoms with Crippen molar-refractivity contribution in [3.63, 3.8) is 0 Å². The summed E-state index contributed by atoms with van der Waals surface area (Å²) in [5.41, 5.74) is -1.13. The fourth-order valence-corrected chi connectivity index (χ4v) is 1.67. The van der Waals surface area contributed by atoms with Gasteiger partial charge in [0.1, 0.15) is 11.4 Å². The van der Waals surface area contributed by atoms with Gasteiger partial charge in [0.25, 0.3) is 0 Å². The number of benzene rings is 1. The molecule has 0 saturated heterocycles. The molecule has 1 aliphatic heterocycles. The van der Waals surface area contributed by atoms with Gasteiger partial charge in [-0.1, -0.05) is 6.07 Å². The molecular weight excluding hydrogens is 219 g/mol. The van der Waals surface area contributed by atoms with Crippen molar-refractivity contribution in [2.75, 3.05) is 11.9 Å². The highest BCUT2D eigenvalue weighted by Gasteiger charge is 2.37. The summed E-state index contributed by atoms with van der Waals surface area (Å²) in [5, 5.41) is 2.78. The van der Waals surface area contributed by atoms with Gasteiger partial charge in [0.05, 0.1) is 17.8 Å². The van der Waals surface area contributed by atoms with E-state index in [1.165, 1.54) is 6.07 Å². The minimum absolute atomic E-state index is 0.0364. The van der Waals surface area contributed by atoms with Crippen LogP contribution in [0.5, 0.6) is 5.75 Å². The second-order valence-corrected chi connectivity index (χ2v) is 4.39. The molecule has 2 nitrogen and oxygen atoms in total. The van der Waals surface area contributed by atoms with Crippen molar-refractivity contribution >= 4 is 5.69 Å². The molecule has 0 unspecified atom stereocenters. The maximum Gasteiger partial charge on any atom is 0.418 e. The summed E-state index contributed by atoms with van der Waals surface area (Å²) < 4.78 is 43.5. The van der Waals surface area contributed by atoms with Gasteiger partial charge in [-0.05, 0) is 26.0 Å². The van der Waals surface area contributed by atoms with Crippen molar-refractivity contribution in [1.29, 1.82) is 0 Å². The standard InChI is InChI=1S/C11H12F3NO/c1-10(2)6-15-9-7(11(12,13)14)4-3-5-8(9)16-10/h3-5,15H,6H2,1-2H3. The zero-order valence-corrected chi connectivity index (χ0v) is 8.98. The number of hydrogen-bond acceptors (Lipinski definition) is 2. The van der Waals surface area contributed by atoms with Crippen LogP contribution in [0.15, 0.2) is 18.2 Å². The summed E-state index contributed by atoms with van der Waals surface area (Å²) >= 11 is 0. The topological polar surface area (TPSA) is 21.3 Å². The number of anilines is 1. The van der Waals surface area contributed by atoms with Crippen molar-refractivity contribution in [2.45, 2.75) is 25.6 Å². The molecular formula is C11H12F3NO. The Morgan fingerprint density at radius 3 is 2.62 bits per heavy atom. The van der Waals surface area contributed by atoms with E-state index >= 15 is 0 Å². The molecule has 16 heavy (non-hydrogen) atoms. The molecule has 0 amide bonds. The van der Waals surface area contributed by atoms with Gasteiger partial charge in [-0.25, -0.2) is 0 Å². The van der Waals surface area contributed by atoms with Crippen molar-refractivity contribution in [3.05, 3.63) is 23.8 Å². The van der Waals surface area contributed by atoms with Gasteiger partial charge in [0.15, 0.2) is 0 Å². The minimum atomic E-state index is -4.36. The molecule has 1 N–H and O–H groups in total. The molecule has 0 spiro atoms. The first-order valence-corrected chi connectivity index (χ1v) is 4.93. The van der Waals surface area contributed by atoms with Crippen molar-refractivity contribution in [3.8, 4) is 5.75 Å². The summed E-state index contributed by atoms with van der Waals surface area (Å²) in [6, 6.07) is 3.94. The fraction of sp³-hybridized carbons (Fsp3) is 0.455. The third kappa shape index (κ3) is 1.94. The van der Waals surface area contributed by atoms with Crippen LogP contribution >= 0.6 is 0 Å². The molecule has 1 aromatic rings. The normalized spacial score (nSPS) is 18.3. The molecule has 2 rings (SSSR count). The van der Waals surface area contributed by atoms with Crippen LogP contribution < -0.4 is 10.1 Å². The maximum atomic E-state index is 12.7. The lowest BCUT2D eigenvalue weighted by molar-refractivity contribution is -0.137. The highest BCUT2D eigenvalue weighted by atomic mass is 19.4. The smallest absolute Gasteiger partial charge is 0.418 e. The zero-order chi connectivity index (χ0) is 12.0. The highest BCUT2D eigenvalue weighted by Crippen LogP contribution is 2.42. The maximum absolute atomic E-state index is 12.7. The van der Waals surface area contributed by atoms with E-state index in [1.54, 1.807) is 6.07 Å². The molecule has 0 saturated carbocycles. The lowest BCUT2D eigenvalue weighted by Gasteiger charge is -2.34. The van der Waals surface area contributed by atoms with E-state index in [0.29, 0.717) is 6.54 Å². The Kier molecular flexibility index (Phi) is 2.29. The van der Waals surface area contributed by atoms with Gasteiger partial charge in [-0.3, -0.25) is 0 Å². The fourth-order valence-electron chi connectivity index (χ4n) is 1.67. The molecule has 1 aliphatic rings. The van der Waals surface area contributed by atoms with Crippen LogP contribution in [0.25, 0.3) is 0 Å². The average Bonchev–Trinajstić information content (AvgIpc) is 2.13. The third-order valence-corrected chi connectivity index (χ3v) is 2.41. The first kappa shape index (κ1) is 11.1. The van der Waals surface area contributed by atoms with Crippen LogP contribution in [-0.2, 0) is 6.18 Å². The van der Waals surface area contributed by atoms with Crippen LogP contribution in [0, 0.1) is 0 Å². The second-order valence-electron chi connectivity index (χ2n) is 4.39. The van der Waals surface area contributed by atoms with Crippen LogP contribution in [-0.4, -0.2) is 12.1 Å². The number of para-hydroxylation sites is 1. The molecule has 0 aromatic heterocycles. The molecule has 0 radical (unpaired) electrons. The van der Waals surface area contributed by atoms with Gasteiger partial charge in [-0.15, -0.1) is 0 Å². The monoisotopic (exact) mass is 231 g/mol. The molecule has 1 aromatic carbocycles. The number of fused-ring (bicyclic) bond motifs is 1. The van der Waals surface area contributed by atoms with Gasteiger partial charge in [0.2, 0.25) is 0 Å². The summed E-state index contributed by atoms with van der Waals surface area (Å²) in [5.74, 6) is 0.256. The van der Waals surface area contributed by atoms with Crippen molar-refractivity contribution < 1.29 is 17.9 Å². The quantitative estimate of drug-likeness (QED) is 0.739. The van der Waals surface area contributed by atoms with E-state index in [1.807, 2.05) is 13.8 Å². The largest absolute Gasteiger partial charge is 0.484 e. The van der Waals surface area contributed by atoms with Crippen LogP contribution in [0.2, 0.25) is 0 Å². The third-order valence-electron chi connectivity index (χ3n) is 2.41. The van der Waals surface area contributed by atoms with E-state index in [2.05, 4.69) is 5.32 Å². The number of rotatable bonds is 0. The Labute approximate surface area is 91.4 Å². The summed E-state index contributed by atoms with van der Waals surface area (Å²) in [4.78, 5) is 0. The molecule has 0 aliphatic carbocycles. The predicted molar refractivity (Wildman–Crippen MR) is 54.6 cm³/mol. The van der Waals surface area contributed by atoms with E-state index in [-0.39, 0.29) is 11.4 Å². The molecule has 0 fully saturated rings. The van der Waals surface area contributed by atoms with Gasteiger partial charge < -0.3 is 10.1 Å². The number of nitrogens with one attached hydrogen (secondary N) is 1. The first-order valence-electron chi connectivity index (χ1n) is 4.93. The van der Waals surface area contributed by atoms with Gasteiger partial charge in [-0.2, -0.15) is 13.2 Å². The molecule has 88 valence electrons. The summed E-state index contributed by atoms with van der Waals surface area (Å²) in [6.45, 7) is 4.00. The Morgan fingerprint density at radius 1 is 1.31 bits per heavy atom. The van der Waals surface area contributed by atoms with E-state index in [4.69, 9.17) is 4.74 Å². The Balaban J connectivity index is 2.47. The number of hydrogen-bond donors (Lipinski definition) is 1. The Hall–Kier alpha value is -1.39. The van der Waals surface area contributed by atoms with Crippen LogP contribution in [0.3, 0.4) is 0 Å². The molecule has 0 bridgehead atoms. The molecule has 5 heteroatoms. The van der Waals surface area contributed by atoms with E-state index in [0.717, 1.165) is 6.07 Å². The van der Waals surface area contributed by atoms with Gasteiger partial charge in [0, 0.05) is 0 Å². The van der Waals surface area contributed by atoms with Crippen LogP contribution in [0.1, 0.15) is 19.4 Å². The number of halogens is 3.